The summed E-state index contributed by atoms with van der Waals surface area (Å²) in [5.41, 5.74) is 4.31. The standard InChI is InChI=1S/C25H21N3O3/c1-31-18-13-11-16(12-14-18)15-28-23(19-9-5-6-10-20(19)25(28)30)21-22(26-27-24(21)29)17-7-3-2-4-8-17/h2-14,23H,15H2,1H3,(H2,26,27,29). The molecule has 1 unspecified atom stereocenters. The number of aromatic nitrogens is 2. The molecule has 2 heterocycles. The number of nitrogens with one attached hydrogen (secondary N) is 2. The molecule has 6 heteroatoms. The van der Waals surface area contributed by atoms with Gasteiger partial charge in [0.05, 0.1) is 24.4 Å². The van der Waals surface area contributed by atoms with Crippen molar-refractivity contribution < 1.29 is 9.53 Å². The van der Waals surface area contributed by atoms with E-state index in [-0.39, 0.29) is 11.5 Å². The predicted molar refractivity (Wildman–Crippen MR) is 118 cm³/mol. The van der Waals surface area contributed by atoms with Gasteiger partial charge in [-0.2, -0.15) is 0 Å². The number of ether oxygens (including phenoxy) is 1. The van der Waals surface area contributed by atoms with Crippen LogP contribution in [0.15, 0.2) is 83.7 Å². The van der Waals surface area contributed by atoms with Gasteiger partial charge in [-0.15, -0.1) is 0 Å². The summed E-state index contributed by atoms with van der Waals surface area (Å²) in [6.07, 6.45) is 0. The highest BCUT2D eigenvalue weighted by Gasteiger charge is 2.40. The number of aromatic amines is 2. The van der Waals surface area contributed by atoms with Crippen molar-refractivity contribution in [3.8, 4) is 17.0 Å². The van der Waals surface area contributed by atoms with E-state index in [1.54, 1.807) is 12.0 Å². The molecule has 0 aliphatic carbocycles. The van der Waals surface area contributed by atoms with Crippen LogP contribution in [0.4, 0.5) is 0 Å². The first kappa shape index (κ1) is 18.9. The number of hydrogen-bond donors (Lipinski definition) is 2. The van der Waals surface area contributed by atoms with Crippen LogP contribution in [-0.2, 0) is 6.54 Å². The first-order valence-corrected chi connectivity index (χ1v) is 10.1. The minimum Gasteiger partial charge on any atom is -0.497 e. The number of H-pyrrole nitrogens is 2. The van der Waals surface area contributed by atoms with Gasteiger partial charge < -0.3 is 9.64 Å². The Morgan fingerprint density at radius 3 is 2.32 bits per heavy atom. The van der Waals surface area contributed by atoms with Crippen LogP contribution >= 0.6 is 0 Å². The maximum Gasteiger partial charge on any atom is 0.270 e. The van der Waals surface area contributed by atoms with Gasteiger partial charge in [-0.25, -0.2) is 0 Å². The van der Waals surface area contributed by atoms with Crippen LogP contribution in [0, 0.1) is 0 Å². The van der Waals surface area contributed by atoms with Crippen molar-refractivity contribution in [3.05, 3.63) is 111 Å². The molecule has 1 amide bonds. The topological polar surface area (TPSA) is 78.2 Å². The lowest BCUT2D eigenvalue weighted by atomic mass is 9.95. The zero-order valence-corrected chi connectivity index (χ0v) is 17.0. The summed E-state index contributed by atoms with van der Waals surface area (Å²) in [5.74, 6) is 0.667. The van der Waals surface area contributed by atoms with Gasteiger partial charge >= 0.3 is 0 Å². The van der Waals surface area contributed by atoms with Crippen molar-refractivity contribution in [1.29, 1.82) is 0 Å². The highest BCUT2D eigenvalue weighted by molar-refractivity contribution is 6.00. The van der Waals surface area contributed by atoms with E-state index in [0.717, 1.165) is 22.4 Å². The van der Waals surface area contributed by atoms with Crippen molar-refractivity contribution in [2.75, 3.05) is 7.11 Å². The molecule has 5 rings (SSSR count). The molecule has 0 radical (unpaired) electrons. The van der Waals surface area contributed by atoms with E-state index in [0.29, 0.717) is 23.4 Å². The molecule has 6 nitrogen and oxygen atoms in total. The monoisotopic (exact) mass is 411 g/mol. The Balaban J connectivity index is 1.63. The zero-order valence-electron chi connectivity index (χ0n) is 17.0. The third kappa shape index (κ3) is 3.22. The van der Waals surface area contributed by atoms with Crippen LogP contribution in [-0.4, -0.2) is 28.1 Å². The van der Waals surface area contributed by atoms with Gasteiger partial charge in [0.2, 0.25) is 0 Å². The number of fused-ring (bicyclic) bond motifs is 1. The van der Waals surface area contributed by atoms with E-state index >= 15 is 0 Å². The van der Waals surface area contributed by atoms with Crippen LogP contribution in [0.3, 0.4) is 0 Å². The Kier molecular flexibility index (Phi) is 4.67. The van der Waals surface area contributed by atoms with E-state index in [1.165, 1.54) is 0 Å². The number of carbonyl (C=O) groups excluding carboxylic acids is 1. The predicted octanol–water partition coefficient (Wildman–Crippen LogP) is 4.12. The fraction of sp³-hybridized carbons (Fsp3) is 0.120. The van der Waals surface area contributed by atoms with E-state index in [9.17, 15) is 9.59 Å². The maximum atomic E-state index is 13.4. The SMILES string of the molecule is COc1ccc(CN2C(=O)c3ccccc3C2c2c(-c3ccccc3)[nH][nH]c2=O)cc1. The molecule has 0 spiro atoms. The summed E-state index contributed by atoms with van der Waals surface area (Å²) in [5, 5.41) is 5.74. The molecule has 1 aliphatic rings. The average molecular weight is 411 g/mol. The summed E-state index contributed by atoms with van der Waals surface area (Å²) in [6.45, 7) is 0.376. The van der Waals surface area contributed by atoms with Crippen molar-refractivity contribution in [1.82, 2.24) is 15.1 Å². The van der Waals surface area contributed by atoms with Crippen molar-refractivity contribution in [3.63, 3.8) is 0 Å². The molecule has 3 aromatic carbocycles. The molecule has 1 aromatic heterocycles. The molecule has 1 aliphatic heterocycles. The minimum absolute atomic E-state index is 0.0870. The molecule has 1 atom stereocenters. The fourth-order valence-corrected chi connectivity index (χ4v) is 4.23. The lowest BCUT2D eigenvalue weighted by molar-refractivity contribution is 0.0735. The number of hydrogen-bond acceptors (Lipinski definition) is 3. The second-order valence-electron chi connectivity index (χ2n) is 7.50. The molecule has 0 bridgehead atoms. The lowest BCUT2D eigenvalue weighted by Crippen LogP contribution is -2.30. The molecule has 4 aromatic rings. The Bertz CT molecular complexity index is 1290. The smallest absolute Gasteiger partial charge is 0.270 e. The molecular formula is C25H21N3O3. The molecule has 31 heavy (non-hydrogen) atoms. The molecule has 0 saturated heterocycles. The summed E-state index contributed by atoms with van der Waals surface area (Å²) in [7, 11) is 1.62. The summed E-state index contributed by atoms with van der Waals surface area (Å²) >= 11 is 0. The van der Waals surface area contributed by atoms with Gasteiger partial charge in [-0.3, -0.25) is 19.8 Å². The maximum absolute atomic E-state index is 13.4. The number of nitrogens with zero attached hydrogens (tertiary/aromatic N) is 1. The van der Waals surface area contributed by atoms with Crippen LogP contribution < -0.4 is 10.3 Å². The third-order valence-corrected chi connectivity index (χ3v) is 5.72. The molecule has 0 fully saturated rings. The number of rotatable bonds is 5. The molecule has 2 N–H and O–H groups in total. The Labute approximate surface area is 179 Å². The van der Waals surface area contributed by atoms with E-state index in [4.69, 9.17) is 4.74 Å². The third-order valence-electron chi connectivity index (χ3n) is 5.72. The Hall–Kier alpha value is -4.06. The Morgan fingerprint density at radius 1 is 0.871 bits per heavy atom. The number of benzene rings is 3. The summed E-state index contributed by atoms with van der Waals surface area (Å²) in [4.78, 5) is 28.1. The zero-order chi connectivity index (χ0) is 21.4. The second-order valence-corrected chi connectivity index (χ2v) is 7.50. The quantitative estimate of drug-likeness (QED) is 0.518. The lowest BCUT2D eigenvalue weighted by Gasteiger charge is -2.25. The highest BCUT2D eigenvalue weighted by atomic mass is 16.5. The molecular weight excluding hydrogens is 390 g/mol. The van der Waals surface area contributed by atoms with Gasteiger partial charge in [0.15, 0.2) is 0 Å². The van der Waals surface area contributed by atoms with Crippen molar-refractivity contribution in [2.24, 2.45) is 0 Å². The molecule has 154 valence electrons. The largest absolute Gasteiger partial charge is 0.497 e. The van der Waals surface area contributed by atoms with Gasteiger partial charge in [0.25, 0.3) is 11.5 Å². The van der Waals surface area contributed by atoms with Crippen molar-refractivity contribution in [2.45, 2.75) is 12.6 Å². The fourth-order valence-electron chi connectivity index (χ4n) is 4.23. The second kappa shape index (κ2) is 7.65. The summed E-state index contributed by atoms with van der Waals surface area (Å²) in [6, 6.07) is 24.3. The first-order valence-electron chi connectivity index (χ1n) is 10.1. The Morgan fingerprint density at radius 2 is 1.58 bits per heavy atom. The highest BCUT2D eigenvalue weighted by Crippen LogP contribution is 2.41. The minimum atomic E-state index is -0.490. The van der Waals surface area contributed by atoms with Crippen molar-refractivity contribution >= 4 is 5.91 Å². The van der Waals surface area contributed by atoms with Gasteiger partial charge in [-0.1, -0.05) is 60.7 Å². The van der Waals surface area contributed by atoms with E-state index in [1.807, 2.05) is 78.9 Å². The number of amides is 1. The van der Waals surface area contributed by atoms with Gasteiger partial charge in [0, 0.05) is 12.1 Å². The summed E-state index contributed by atoms with van der Waals surface area (Å²) < 4.78 is 5.24. The van der Waals surface area contributed by atoms with Crippen LogP contribution in [0.1, 0.15) is 33.1 Å². The first-order chi connectivity index (χ1) is 15.2. The van der Waals surface area contributed by atoms with Crippen LogP contribution in [0.5, 0.6) is 5.75 Å². The normalized spacial score (nSPS) is 15.2. The van der Waals surface area contributed by atoms with Crippen LogP contribution in [0.2, 0.25) is 0 Å². The number of methoxy groups -OCH3 is 1. The average Bonchev–Trinajstić information content (AvgIpc) is 3.32. The van der Waals surface area contributed by atoms with Gasteiger partial charge in [-0.05, 0) is 34.9 Å². The van der Waals surface area contributed by atoms with Crippen LogP contribution in [0.25, 0.3) is 11.3 Å². The van der Waals surface area contributed by atoms with E-state index < -0.39 is 6.04 Å². The van der Waals surface area contributed by atoms with Gasteiger partial charge in [0.1, 0.15) is 5.75 Å². The molecule has 0 saturated carbocycles. The number of carbonyl (C=O) groups is 1. The van der Waals surface area contributed by atoms with E-state index in [2.05, 4.69) is 10.2 Å².